The normalized spacial score (nSPS) is 11.7. The molecule has 4 rings (SSSR count). The van der Waals surface area contributed by atoms with Crippen molar-refractivity contribution in [2.75, 3.05) is 5.73 Å². The number of nitrogens with two attached hydrogens (primary N) is 1. The Morgan fingerprint density at radius 3 is 2.59 bits per heavy atom. The number of nitrogen functional groups attached to an aromatic ring is 1. The van der Waals surface area contributed by atoms with Gasteiger partial charge in [0.2, 0.25) is 5.95 Å². The lowest BCUT2D eigenvalue weighted by atomic mass is 10.0. The number of furan rings is 1. The Bertz CT molecular complexity index is 1160. The van der Waals surface area contributed by atoms with Crippen LogP contribution in [0.15, 0.2) is 47.0 Å². The molecule has 0 aliphatic rings. The molecule has 0 fully saturated rings. The molecule has 0 aliphatic carbocycles. The first-order valence-electron chi connectivity index (χ1n) is 9.08. The van der Waals surface area contributed by atoms with Crippen LogP contribution in [0.2, 0.25) is 0 Å². The van der Waals surface area contributed by atoms with Crippen LogP contribution in [0.5, 0.6) is 0 Å². The van der Waals surface area contributed by atoms with Gasteiger partial charge >= 0.3 is 0 Å². The molecular weight excluding hydrogens is 370 g/mol. The van der Waals surface area contributed by atoms with Crippen LogP contribution in [-0.2, 0) is 12.1 Å². The van der Waals surface area contributed by atoms with E-state index in [9.17, 15) is 5.11 Å². The maximum absolute atomic E-state index is 10.1. The molecule has 4 aromatic heterocycles. The van der Waals surface area contributed by atoms with Crippen molar-refractivity contribution in [1.82, 2.24) is 29.9 Å². The summed E-state index contributed by atoms with van der Waals surface area (Å²) in [5.41, 5.74) is 7.90. The molecule has 0 aliphatic heterocycles. The summed E-state index contributed by atoms with van der Waals surface area (Å²) >= 11 is 0. The van der Waals surface area contributed by atoms with Crippen molar-refractivity contribution in [2.24, 2.45) is 0 Å². The molecule has 0 unspecified atom stereocenters. The first-order valence-corrected chi connectivity index (χ1v) is 9.08. The van der Waals surface area contributed by atoms with Crippen LogP contribution in [0.3, 0.4) is 0 Å². The summed E-state index contributed by atoms with van der Waals surface area (Å²) in [6.07, 6.45) is 1.76. The lowest BCUT2D eigenvalue weighted by molar-refractivity contribution is 0.0736. The summed E-state index contributed by atoms with van der Waals surface area (Å²) in [5.74, 6) is 1.52. The summed E-state index contributed by atoms with van der Waals surface area (Å²) in [4.78, 5) is 13.0. The van der Waals surface area contributed by atoms with Gasteiger partial charge in [0.1, 0.15) is 22.7 Å². The molecule has 9 nitrogen and oxygen atoms in total. The minimum absolute atomic E-state index is 0.126. The first kappa shape index (κ1) is 18.8. The molecule has 0 aromatic carbocycles. The monoisotopic (exact) mass is 391 g/mol. The maximum Gasteiger partial charge on any atom is 0.221 e. The number of nitrogens with zero attached hydrogens (tertiary/aromatic N) is 6. The Kier molecular flexibility index (Phi) is 4.59. The van der Waals surface area contributed by atoms with E-state index in [-0.39, 0.29) is 5.95 Å². The molecular formula is C20H21N7O2. The van der Waals surface area contributed by atoms with Gasteiger partial charge in [0, 0.05) is 0 Å². The highest BCUT2D eigenvalue weighted by molar-refractivity contribution is 5.63. The quantitative estimate of drug-likeness (QED) is 0.531. The predicted molar refractivity (Wildman–Crippen MR) is 106 cm³/mol. The molecule has 0 radical (unpaired) electrons. The zero-order chi connectivity index (χ0) is 20.6. The van der Waals surface area contributed by atoms with Gasteiger partial charge < -0.3 is 15.3 Å². The van der Waals surface area contributed by atoms with Crippen LogP contribution < -0.4 is 5.73 Å². The zero-order valence-electron chi connectivity index (χ0n) is 16.4. The van der Waals surface area contributed by atoms with E-state index in [1.165, 1.54) is 0 Å². The number of anilines is 1. The lowest BCUT2D eigenvalue weighted by Crippen LogP contribution is -2.18. The Balaban J connectivity index is 1.61. The number of aliphatic hydroxyl groups is 1. The van der Waals surface area contributed by atoms with E-state index in [4.69, 9.17) is 10.2 Å². The Morgan fingerprint density at radius 2 is 1.86 bits per heavy atom. The van der Waals surface area contributed by atoms with Gasteiger partial charge in [-0.3, -0.25) is 4.98 Å². The van der Waals surface area contributed by atoms with Gasteiger partial charge in [0.15, 0.2) is 5.76 Å². The van der Waals surface area contributed by atoms with Crippen molar-refractivity contribution < 1.29 is 9.52 Å². The fourth-order valence-electron chi connectivity index (χ4n) is 2.86. The Labute approximate surface area is 167 Å². The molecule has 4 heterocycles. The van der Waals surface area contributed by atoms with Crippen molar-refractivity contribution in [3.8, 4) is 22.8 Å². The minimum Gasteiger partial charge on any atom is -0.460 e. The molecule has 29 heavy (non-hydrogen) atoms. The van der Waals surface area contributed by atoms with Gasteiger partial charge in [0.25, 0.3) is 0 Å². The van der Waals surface area contributed by atoms with Crippen LogP contribution >= 0.6 is 0 Å². The number of hydrogen-bond acceptors (Lipinski definition) is 8. The molecule has 0 amide bonds. The van der Waals surface area contributed by atoms with Gasteiger partial charge in [-0.25, -0.2) is 14.6 Å². The van der Waals surface area contributed by atoms with E-state index in [1.54, 1.807) is 36.9 Å². The highest BCUT2D eigenvalue weighted by Crippen LogP contribution is 2.25. The van der Waals surface area contributed by atoms with Gasteiger partial charge in [0.05, 0.1) is 29.8 Å². The van der Waals surface area contributed by atoms with E-state index in [0.717, 1.165) is 11.5 Å². The van der Waals surface area contributed by atoms with Crippen molar-refractivity contribution in [2.45, 2.75) is 32.9 Å². The van der Waals surface area contributed by atoms with Gasteiger partial charge in [-0.05, 0) is 51.1 Å². The molecule has 3 N–H and O–H groups in total. The summed E-state index contributed by atoms with van der Waals surface area (Å²) in [5, 5.41) is 18.5. The summed E-state index contributed by atoms with van der Waals surface area (Å²) in [6, 6.07) is 11.0. The topological polar surface area (TPSA) is 129 Å². The SMILES string of the molecule is Cc1ccc(-c2cc(-c3cn(Cc4cccc(C(C)(C)O)n4)nn3)nc(N)n2)o1. The molecule has 0 saturated carbocycles. The standard InChI is InChI=1S/C20H21N7O2/c1-12-7-8-17(29-12)15-9-14(23-19(21)24-15)16-11-27(26-25-16)10-13-5-4-6-18(22-13)20(2,3)28/h4-9,11,28H,10H2,1-3H3,(H2,21,23,24). The second-order valence-corrected chi connectivity index (χ2v) is 7.28. The van der Waals surface area contributed by atoms with Gasteiger partial charge in [-0.15, -0.1) is 5.10 Å². The van der Waals surface area contributed by atoms with Crippen LogP contribution in [-0.4, -0.2) is 35.1 Å². The molecule has 0 bridgehead atoms. The first-order chi connectivity index (χ1) is 13.8. The van der Waals surface area contributed by atoms with Crippen molar-refractivity contribution in [3.05, 3.63) is 59.7 Å². The van der Waals surface area contributed by atoms with Crippen molar-refractivity contribution in [3.63, 3.8) is 0 Å². The van der Waals surface area contributed by atoms with E-state index < -0.39 is 5.60 Å². The number of rotatable bonds is 5. The number of pyridine rings is 1. The van der Waals surface area contributed by atoms with E-state index in [0.29, 0.717) is 35.1 Å². The zero-order valence-corrected chi connectivity index (χ0v) is 16.4. The fourth-order valence-corrected chi connectivity index (χ4v) is 2.86. The highest BCUT2D eigenvalue weighted by Gasteiger charge is 2.18. The van der Waals surface area contributed by atoms with Crippen molar-refractivity contribution in [1.29, 1.82) is 0 Å². The predicted octanol–water partition coefficient (Wildman–Crippen LogP) is 2.56. The average Bonchev–Trinajstić information content (AvgIpc) is 3.30. The minimum atomic E-state index is -1.01. The van der Waals surface area contributed by atoms with E-state index in [1.807, 2.05) is 31.2 Å². The molecule has 148 valence electrons. The fraction of sp³-hybridized carbons (Fsp3) is 0.250. The second-order valence-electron chi connectivity index (χ2n) is 7.28. The van der Waals surface area contributed by atoms with Crippen LogP contribution in [0, 0.1) is 6.92 Å². The van der Waals surface area contributed by atoms with E-state index in [2.05, 4.69) is 25.3 Å². The summed E-state index contributed by atoms with van der Waals surface area (Å²) in [6.45, 7) is 5.66. The number of aromatic nitrogens is 6. The van der Waals surface area contributed by atoms with E-state index >= 15 is 0 Å². The third-order valence-electron chi connectivity index (χ3n) is 4.29. The molecule has 0 spiro atoms. The smallest absolute Gasteiger partial charge is 0.221 e. The highest BCUT2D eigenvalue weighted by atomic mass is 16.3. The Morgan fingerprint density at radius 1 is 1.07 bits per heavy atom. The van der Waals surface area contributed by atoms with Gasteiger partial charge in [-0.1, -0.05) is 11.3 Å². The molecule has 0 saturated heterocycles. The number of hydrogen-bond donors (Lipinski definition) is 2. The lowest BCUT2D eigenvalue weighted by Gasteiger charge is -2.17. The summed E-state index contributed by atoms with van der Waals surface area (Å²) < 4.78 is 7.28. The maximum atomic E-state index is 10.1. The van der Waals surface area contributed by atoms with Crippen molar-refractivity contribution >= 4 is 5.95 Å². The largest absolute Gasteiger partial charge is 0.460 e. The Hall–Kier alpha value is -3.59. The molecule has 9 heteroatoms. The van der Waals surface area contributed by atoms with Gasteiger partial charge in [-0.2, -0.15) is 0 Å². The third kappa shape index (κ3) is 4.14. The van der Waals surface area contributed by atoms with Crippen LogP contribution in [0.4, 0.5) is 5.95 Å². The molecule has 4 aromatic rings. The van der Waals surface area contributed by atoms with Crippen LogP contribution in [0.1, 0.15) is 31.0 Å². The van der Waals surface area contributed by atoms with Crippen LogP contribution in [0.25, 0.3) is 22.8 Å². The summed E-state index contributed by atoms with van der Waals surface area (Å²) in [7, 11) is 0. The molecule has 0 atom stereocenters. The second kappa shape index (κ2) is 7.10. The average molecular weight is 391 g/mol. The third-order valence-corrected chi connectivity index (χ3v) is 4.29. The number of aryl methyl sites for hydroxylation is 1.